The molecule has 0 aromatic heterocycles. The second-order valence-corrected chi connectivity index (χ2v) is 6.67. The summed E-state index contributed by atoms with van der Waals surface area (Å²) in [5.74, 6) is 0.381. The first-order valence-electron chi connectivity index (χ1n) is 7.97. The Kier molecular flexibility index (Phi) is 4.34. The lowest BCUT2D eigenvalue weighted by Gasteiger charge is -2.23. The summed E-state index contributed by atoms with van der Waals surface area (Å²) in [5.41, 5.74) is 1.04. The van der Waals surface area contributed by atoms with Crippen LogP contribution in [0.25, 0.3) is 0 Å². The van der Waals surface area contributed by atoms with Gasteiger partial charge in [0.05, 0.1) is 6.04 Å². The van der Waals surface area contributed by atoms with E-state index < -0.39 is 0 Å². The average molecular weight is 306 g/mol. The fourth-order valence-electron chi connectivity index (χ4n) is 3.40. The van der Waals surface area contributed by atoms with Gasteiger partial charge in [0.15, 0.2) is 0 Å². The van der Waals surface area contributed by atoms with Gasteiger partial charge in [0.25, 0.3) is 0 Å². The second-order valence-electron chi connectivity index (χ2n) is 6.67. The molecule has 0 radical (unpaired) electrons. The summed E-state index contributed by atoms with van der Waals surface area (Å²) >= 11 is 0. The van der Waals surface area contributed by atoms with Crippen molar-refractivity contribution < 1.29 is 13.9 Å². The van der Waals surface area contributed by atoms with Crippen LogP contribution < -0.4 is 0 Å². The van der Waals surface area contributed by atoms with Crippen molar-refractivity contribution in [2.45, 2.75) is 32.4 Å². The third kappa shape index (κ3) is 3.24. The summed E-state index contributed by atoms with van der Waals surface area (Å²) in [4.78, 5) is 16.2. The van der Waals surface area contributed by atoms with Gasteiger partial charge in [-0.2, -0.15) is 0 Å². The molecule has 4 nitrogen and oxygen atoms in total. The van der Waals surface area contributed by atoms with Crippen LogP contribution in [0.2, 0.25) is 0 Å². The minimum absolute atomic E-state index is 0.000493. The van der Waals surface area contributed by atoms with Crippen molar-refractivity contribution in [2.24, 2.45) is 5.92 Å². The van der Waals surface area contributed by atoms with Gasteiger partial charge in [0.1, 0.15) is 11.9 Å². The van der Waals surface area contributed by atoms with Crippen LogP contribution in [0.5, 0.6) is 0 Å². The Bertz CT molecular complexity index is 532. The largest absolute Gasteiger partial charge is 0.442 e. The smallest absolute Gasteiger partial charge is 0.410 e. The number of carbonyl (C=O) groups excluding carboxylic acids is 1. The van der Waals surface area contributed by atoms with Crippen molar-refractivity contribution >= 4 is 6.09 Å². The molecule has 0 saturated carbocycles. The van der Waals surface area contributed by atoms with Crippen molar-refractivity contribution in [3.05, 3.63) is 35.6 Å². The number of benzene rings is 1. The molecule has 22 heavy (non-hydrogen) atoms. The third-order valence-corrected chi connectivity index (χ3v) is 4.38. The van der Waals surface area contributed by atoms with E-state index in [2.05, 4.69) is 18.7 Å². The number of nitrogens with zero attached hydrogens (tertiary/aromatic N) is 2. The van der Waals surface area contributed by atoms with Gasteiger partial charge in [-0.3, -0.25) is 9.80 Å². The van der Waals surface area contributed by atoms with Crippen molar-refractivity contribution in [1.82, 2.24) is 9.80 Å². The maximum atomic E-state index is 12.9. The maximum absolute atomic E-state index is 12.9. The quantitative estimate of drug-likeness (QED) is 0.838. The standard InChI is InChI=1S/C17H23FN2O2/c1-12(2)9-19-10-15-16(11-19)22-17(21)20(15)8-7-13-3-5-14(18)6-4-13/h3-6,12,15-16H,7-11H2,1-2H3/t15-,16+/m1/s1. The number of likely N-dealkylation sites (tertiary alicyclic amines) is 1. The minimum Gasteiger partial charge on any atom is -0.442 e. The van der Waals surface area contributed by atoms with Crippen LogP contribution in [0.4, 0.5) is 9.18 Å². The molecule has 2 aliphatic heterocycles. The number of fused-ring (bicyclic) bond motifs is 1. The van der Waals surface area contributed by atoms with Crippen LogP contribution in [0.1, 0.15) is 19.4 Å². The van der Waals surface area contributed by atoms with Gasteiger partial charge in [0.2, 0.25) is 0 Å². The molecule has 5 heteroatoms. The highest BCUT2D eigenvalue weighted by molar-refractivity contribution is 5.71. The van der Waals surface area contributed by atoms with E-state index in [9.17, 15) is 9.18 Å². The van der Waals surface area contributed by atoms with Gasteiger partial charge in [0, 0.05) is 26.2 Å². The molecule has 0 bridgehead atoms. The third-order valence-electron chi connectivity index (χ3n) is 4.38. The first-order valence-corrected chi connectivity index (χ1v) is 7.97. The van der Waals surface area contributed by atoms with Gasteiger partial charge >= 0.3 is 6.09 Å². The van der Waals surface area contributed by atoms with E-state index in [1.165, 1.54) is 12.1 Å². The number of carbonyl (C=O) groups is 1. The van der Waals surface area contributed by atoms with Crippen molar-refractivity contribution in [1.29, 1.82) is 0 Å². The molecular weight excluding hydrogens is 283 g/mol. The molecule has 0 spiro atoms. The van der Waals surface area contributed by atoms with Crippen molar-refractivity contribution in [3.63, 3.8) is 0 Å². The zero-order chi connectivity index (χ0) is 15.7. The molecule has 1 amide bonds. The number of hydrogen-bond acceptors (Lipinski definition) is 3. The summed E-state index contributed by atoms with van der Waals surface area (Å²) in [7, 11) is 0. The molecule has 2 atom stereocenters. The number of ether oxygens (including phenoxy) is 1. The average Bonchev–Trinajstić information content (AvgIpc) is 2.94. The Morgan fingerprint density at radius 2 is 2.00 bits per heavy atom. The number of rotatable bonds is 5. The van der Waals surface area contributed by atoms with E-state index in [0.717, 1.165) is 31.6 Å². The molecule has 2 saturated heterocycles. The van der Waals surface area contributed by atoms with Crippen molar-refractivity contribution in [3.8, 4) is 0 Å². The Morgan fingerprint density at radius 3 is 2.68 bits per heavy atom. The zero-order valence-corrected chi connectivity index (χ0v) is 13.2. The Morgan fingerprint density at radius 1 is 1.27 bits per heavy atom. The van der Waals surface area contributed by atoms with Crippen LogP contribution in [0, 0.1) is 11.7 Å². The highest BCUT2D eigenvalue weighted by Gasteiger charge is 2.47. The highest BCUT2D eigenvalue weighted by Crippen LogP contribution is 2.27. The lowest BCUT2D eigenvalue weighted by molar-refractivity contribution is 0.119. The van der Waals surface area contributed by atoms with E-state index in [-0.39, 0.29) is 24.1 Å². The van der Waals surface area contributed by atoms with E-state index in [1.54, 1.807) is 12.1 Å². The topological polar surface area (TPSA) is 32.8 Å². The van der Waals surface area contributed by atoms with Crippen molar-refractivity contribution in [2.75, 3.05) is 26.2 Å². The lowest BCUT2D eigenvalue weighted by Crippen LogP contribution is -2.39. The van der Waals surface area contributed by atoms with E-state index >= 15 is 0 Å². The second kappa shape index (κ2) is 6.24. The minimum atomic E-state index is -0.232. The predicted octanol–water partition coefficient (Wildman–Crippen LogP) is 2.53. The van der Waals surface area contributed by atoms with Gasteiger partial charge in [-0.05, 0) is 30.0 Å². The Balaban J connectivity index is 1.58. The zero-order valence-electron chi connectivity index (χ0n) is 13.2. The fourth-order valence-corrected chi connectivity index (χ4v) is 3.40. The van der Waals surface area contributed by atoms with Crippen LogP contribution in [-0.4, -0.2) is 54.2 Å². The molecule has 3 rings (SSSR count). The first-order chi connectivity index (χ1) is 10.5. The molecular formula is C17H23FN2O2. The molecule has 0 unspecified atom stereocenters. The molecule has 2 aliphatic rings. The Hall–Kier alpha value is -1.62. The summed E-state index contributed by atoms with van der Waals surface area (Å²) in [6.45, 7) is 7.79. The lowest BCUT2D eigenvalue weighted by atomic mass is 10.1. The predicted molar refractivity (Wildman–Crippen MR) is 82.1 cm³/mol. The van der Waals surface area contributed by atoms with Gasteiger partial charge in [-0.15, -0.1) is 0 Å². The first kappa shape index (κ1) is 15.3. The van der Waals surface area contributed by atoms with E-state index in [0.29, 0.717) is 12.5 Å². The van der Waals surface area contributed by atoms with Gasteiger partial charge in [-0.25, -0.2) is 9.18 Å². The molecule has 0 N–H and O–H groups in total. The molecule has 2 heterocycles. The molecule has 1 aromatic carbocycles. The van der Waals surface area contributed by atoms with Crippen LogP contribution in [-0.2, 0) is 11.2 Å². The molecule has 1 aromatic rings. The summed E-state index contributed by atoms with van der Waals surface area (Å²) in [6, 6.07) is 6.62. The fraction of sp³-hybridized carbons (Fsp3) is 0.588. The van der Waals surface area contributed by atoms with Crippen LogP contribution in [0.15, 0.2) is 24.3 Å². The van der Waals surface area contributed by atoms with Crippen LogP contribution in [0.3, 0.4) is 0 Å². The van der Waals surface area contributed by atoms with E-state index in [4.69, 9.17) is 4.74 Å². The molecule has 2 fully saturated rings. The number of hydrogen-bond donors (Lipinski definition) is 0. The summed E-state index contributed by atoms with van der Waals surface area (Å²) in [5, 5.41) is 0. The van der Waals surface area contributed by atoms with E-state index in [1.807, 2.05) is 4.90 Å². The SMILES string of the molecule is CC(C)CN1C[C@@H]2OC(=O)N(CCc3ccc(F)cc3)[C@@H]2C1. The molecule has 0 aliphatic carbocycles. The summed E-state index contributed by atoms with van der Waals surface area (Å²) in [6.07, 6.45) is 0.517. The number of amides is 1. The molecule has 120 valence electrons. The number of halogens is 1. The van der Waals surface area contributed by atoms with Gasteiger partial charge < -0.3 is 4.74 Å². The maximum Gasteiger partial charge on any atom is 0.410 e. The normalized spacial score (nSPS) is 24.9. The monoisotopic (exact) mass is 306 g/mol. The van der Waals surface area contributed by atoms with Gasteiger partial charge in [-0.1, -0.05) is 26.0 Å². The van der Waals surface area contributed by atoms with Crippen LogP contribution >= 0.6 is 0 Å². The Labute approximate surface area is 130 Å². The highest BCUT2D eigenvalue weighted by atomic mass is 19.1. The summed E-state index contributed by atoms with van der Waals surface area (Å²) < 4.78 is 18.4.